The van der Waals surface area contributed by atoms with Crippen LogP contribution in [0, 0.1) is 0 Å². The standard InChI is InChI=1S/C18H20BrNO6S/c1-4-10(3)20-17(23)15(27-18(20)24)7-11-6-13(25-5-2)14(8-12(11)19)26-9-16(21)22/h6-8,10H,4-5,9H2,1-3H3,(H,21,22). The maximum absolute atomic E-state index is 12.6. The van der Waals surface area contributed by atoms with Gasteiger partial charge in [-0.2, -0.15) is 0 Å². The highest BCUT2D eigenvalue weighted by molar-refractivity contribution is 9.10. The summed E-state index contributed by atoms with van der Waals surface area (Å²) in [4.78, 5) is 37.0. The highest BCUT2D eigenvalue weighted by Crippen LogP contribution is 2.38. The lowest BCUT2D eigenvalue weighted by molar-refractivity contribution is -0.139. The van der Waals surface area contributed by atoms with Crippen LogP contribution in [0.1, 0.15) is 32.8 Å². The third kappa shape index (κ3) is 5.04. The van der Waals surface area contributed by atoms with Gasteiger partial charge in [0.25, 0.3) is 11.1 Å². The second kappa shape index (κ2) is 9.27. The summed E-state index contributed by atoms with van der Waals surface area (Å²) in [5.74, 6) is -0.794. The Bertz CT molecular complexity index is 794. The molecular formula is C18H20BrNO6S. The predicted octanol–water partition coefficient (Wildman–Crippen LogP) is 4.15. The van der Waals surface area contributed by atoms with E-state index in [0.29, 0.717) is 33.7 Å². The molecule has 0 radical (unpaired) electrons. The van der Waals surface area contributed by atoms with Crippen LogP contribution in [0.5, 0.6) is 11.5 Å². The van der Waals surface area contributed by atoms with E-state index < -0.39 is 12.6 Å². The fraction of sp³-hybridized carbons (Fsp3) is 0.389. The van der Waals surface area contributed by atoms with Gasteiger partial charge in [-0.15, -0.1) is 0 Å². The quantitative estimate of drug-likeness (QED) is 0.585. The summed E-state index contributed by atoms with van der Waals surface area (Å²) in [6.07, 6.45) is 2.29. The Hall–Kier alpha value is -2.00. The van der Waals surface area contributed by atoms with Gasteiger partial charge >= 0.3 is 5.97 Å². The molecule has 146 valence electrons. The number of benzene rings is 1. The lowest BCUT2D eigenvalue weighted by atomic mass is 10.1. The van der Waals surface area contributed by atoms with Gasteiger partial charge in [0.15, 0.2) is 18.1 Å². The Labute approximate surface area is 169 Å². The molecule has 7 nitrogen and oxygen atoms in total. The van der Waals surface area contributed by atoms with E-state index >= 15 is 0 Å². The van der Waals surface area contributed by atoms with E-state index in [2.05, 4.69) is 15.9 Å². The van der Waals surface area contributed by atoms with Gasteiger partial charge in [0.2, 0.25) is 0 Å². The minimum atomic E-state index is -1.10. The molecule has 1 N–H and O–H groups in total. The first kappa shape index (κ1) is 21.3. The lowest BCUT2D eigenvalue weighted by Crippen LogP contribution is -2.36. The summed E-state index contributed by atoms with van der Waals surface area (Å²) < 4.78 is 11.4. The molecule has 0 aliphatic carbocycles. The Kier molecular flexibility index (Phi) is 7.32. The molecule has 1 aliphatic rings. The number of amides is 2. The van der Waals surface area contributed by atoms with Crippen LogP contribution in [-0.2, 0) is 9.59 Å². The Morgan fingerprint density at radius 1 is 1.30 bits per heavy atom. The highest BCUT2D eigenvalue weighted by atomic mass is 79.9. The molecule has 0 aromatic heterocycles. The Morgan fingerprint density at radius 3 is 2.56 bits per heavy atom. The van der Waals surface area contributed by atoms with Crippen LogP contribution in [0.25, 0.3) is 6.08 Å². The molecule has 1 saturated heterocycles. The maximum atomic E-state index is 12.6. The summed E-state index contributed by atoms with van der Waals surface area (Å²) in [6.45, 7) is 5.39. The molecule has 1 unspecified atom stereocenters. The van der Waals surface area contributed by atoms with Crippen LogP contribution in [0.2, 0.25) is 0 Å². The summed E-state index contributed by atoms with van der Waals surface area (Å²) in [5, 5.41) is 8.50. The fourth-order valence-corrected chi connectivity index (χ4v) is 3.72. The van der Waals surface area contributed by atoms with Crippen molar-refractivity contribution in [1.29, 1.82) is 0 Å². The monoisotopic (exact) mass is 457 g/mol. The minimum Gasteiger partial charge on any atom is -0.490 e. The molecule has 1 atom stereocenters. The van der Waals surface area contributed by atoms with Gasteiger partial charge in [-0.1, -0.05) is 22.9 Å². The van der Waals surface area contributed by atoms with E-state index in [-0.39, 0.29) is 22.9 Å². The van der Waals surface area contributed by atoms with Crippen molar-refractivity contribution in [3.63, 3.8) is 0 Å². The van der Waals surface area contributed by atoms with E-state index in [1.54, 1.807) is 25.1 Å². The number of nitrogens with zero attached hydrogens (tertiary/aromatic N) is 1. The van der Waals surface area contributed by atoms with Crippen LogP contribution in [-0.4, -0.2) is 46.4 Å². The van der Waals surface area contributed by atoms with E-state index in [1.165, 1.54) is 4.90 Å². The largest absolute Gasteiger partial charge is 0.490 e. The summed E-state index contributed by atoms with van der Waals surface area (Å²) in [7, 11) is 0. The number of aliphatic carboxylic acids is 1. The number of carboxylic acid groups (broad SMARTS) is 1. The van der Waals surface area contributed by atoms with Crippen molar-refractivity contribution in [1.82, 2.24) is 4.90 Å². The third-order valence-electron chi connectivity index (χ3n) is 3.86. The molecule has 0 bridgehead atoms. The summed E-state index contributed by atoms with van der Waals surface area (Å²) in [6, 6.07) is 3.05. The number of thioether (sulfide) groups is 1. The van der Waals surface area contributed by atoms with Gasteiger partial charge in [-0.3, -0.25) is 14.5 Å². The van der Waals surface area contributed by atoms with Gasteiger partial charge in [-0.25, -0.2) is 4.79 Å². The van der Waals surface area contributed by atoms with Crippen molar-refractivity contribution >= 4 is 50.9 Å². The van der Waals surface area contributed by atoms with Gasteiger partial charge < -0.3 is 14.6 Å². The van der Waals surface area contributed by atoms with Crippen LogP contribution < -0.4 is 9.47 Å². The Morgan fingerprint density at radius 2 is 1.96 bits per heavy atom. The van der Waals surface area contributed by atoms with Crippen LogP contribution in [0.4, 0.5) is 4.79 Å². The number of hydrogen-bond acceptors (Lipinski definition) is 6. The average molecular weight is 458 g/mol. The van der Waals surface area contributed by atoms with Crippen molar-refractivity contribution in [3.05, 3.63) is 27.1 Å². The van der Waals surface area contributed by atoms with Crippen molar-refractivity contribution in [3.8, 4) is 11.5 Å². The highest BCUT2D eigenvalue weighted by Gasteiger charge is 2.37. The zero-order chi connectivity index (χ0) is 20.1. The molecule has 2 amide bonds. The molecule has 0 spiro atoms. The van der Waals surface area contributed by atoms with Gasteiger partial charge in [0, 0.05) is 10.5 Å². The van der Waals surface area contributed by atoms with E-state index in [0.717, 1.165) is 11.8 Å². The van der Waals surface area contributed by atoms with Gasteiger partial charge in [-0.05, 0) is 55.8 Å². The van der Waals surface area contributed by atoms with Crippen molar-refractivity contribution in [2.24, 2.45) is 0 Å². The molecule has 1 heterocycles. The smallest absolute Gasteiger partial charge is 0.341 e. The molecule has 9 heteroatoms. The van der Waals surface area contributed by atoms with Crippen molar-refractivity contribution in [2.45, 2.75) is 33.2 Å². The number of ether oxygens (including phenoxy) is 2. The summed E-state index contributed by atoms with van der Waals surface area (Å²) in [5.41, 5.74) is 0.621. The van der Waals surface area contributed by atoms with E-state index in [1.807, 2.05) is 13.8 Å². The number of carbonyl (C=O) groups excluding carboxylic acids is 2. The molecule has 0 saturated carbocycles. The number of carbonyl (C=O) groups is 3. The molecule has 2 rings (SSSR count). The lowest BCUT2D eigenvalue weighted by Gasteiger charge is -2.19. The fourth-order valence-electron chi connectivity index (χ4n) is 2.37. The topological polar surface area (TPSA) is 93.1 Å². The average Bonchev–Trinajstić information content (AvgIpc) is 2.89. The predicted molar refractivity (Wildman–Crippen MR) is 106 cm³/mol. The van der Waals surface area contributed by atoms with E-state index in [4.69, 9.17) is 14.6 Å². The first-order chi connectivity index (χ1) is 12.8. The normalized spacial score (nSPS) is 16.7. The molecule has 1 aliphatic heterocycles. The molecule has 27 heavy (non-hydrogen) atoms. The summed E-state index contributed by atoms with van der Waals surface area (Å²) >= 11 is 4.29. The van der Waals surface area contributed by atoms with Crippen molar-refractivity contribution in [2.75, 3.05) is 13.2 Å². The molecule has 1 fully saturated rings. The zero-order valence-corrected chi connectivity index (χ0v) is 17.6. The maximum Gasteiger partial charge on any atom is 0.341 e. The first-order valence-corrected chi connectivity index (χ1v) is 9.97. The first-order valence-electron chi connectivity index (χ1n) is 8.36. The molecular weight excluding hydrogens is 438 g/mol. The van der Waals surface area contributed by atoms with Crippen LogP contribution >= 0.6 is 27.7 Å². The number of halogens is 1. The molecule has 1 aromatic carbocycles. The minimum absolute atomic E-state index is 0.169. The van der Waals surface area contributed by atoms with Crippen molar-refractivity contribution < 1.29 is 29.0 Å². The molecule has 1 aromatic rings. The number of hydrogen-bond donors (Lipinski definition) is 1. The Balaban J connectivity index is 2.37. The van der Waals surface area contributed by atoms with Crippen LogP contribution in [0.15, 0.2) is 21.5 Å². The third-order valence-corrected chi connectivity index (χ3v) is 5.43. The van der Waals surface area contributed by atoms with E-state index in [9.17, 15) is 14.4 Å². The van der Waals surface area contributed by atoms with Crippen LogP contribution in [0.3, 0.4) is 0 Å². The number of rotatable bonds is 8. The second-order valence-corrected chi connectivity index (χ2v) is 7.59. The second-order valence-electron chi connectivity index (χ2n) is 5.74. The zero-order valence-electron chi connectivity index (χ0n) is 15.2. The van der Waals surface area contributed by atoms with Gasteiger partial charge in [0.1, 0.15) is 0 Å². The number of imide groups is 1. The van der Waals surface area contributed by atoms with Gasteiger partial charge in [0.05, 0.1) is 11.5 Å². The SMILES string of the molecule is CCOc1cc(C=C2SC(=O)N(C(C)CC)C2=O)c(Br)cc1OCC(=O)O. The number of carboxylic acids is 1.